The molecule has 21 heavy (non-hydrogen) atoms. The van der Waals surface area contributed by atoms with Crippen LogP contribution in [-0.4, -0.2) is 27.0 Å². The zero-order valence-corrected chi connectivity index (χ0v) is 11.5. The summed E-state index contributed by atoms with van der Waals surface area (Å²) in [5.74, 6) is -0.704. The number of carboxylic acid groups (broad SMARTS) is 1. The van der Waals surface area contributed by atoms with Crippen molar-refractivity contribution in [3.8, 4) is 0 Å². The lowest BCUT2D eigenvalue weighted by Crippen LogP contribution is -2.13. The van der Waals surface area contributed by atoms with Gasteiger partial charge in [0.25, 0.3) is 5.91 Å². The molecule has 108 valence electrons. The minimum atomic E-state index is -1.07. The molecule has 2 aromatic heterocycles. The molecule has 2 N–H and O–H groups in total. The summed E-state index contributed by atoms with van der Waals surface area (Å²) in [6.07, 6.45) is 2.31. The van der Waals surface area contributed by atoms with Crippen LogP contribution in [0.3, 0.4) is 0 Å². The van der Waals surface area contributed by atoms with Gasteiger partial charge in [-0.2, -0.15) is 0 Å². The van der Waals surface area contributed by atoms with Crippen molar-refractivity contribution < 1.29 is 19.1 Å². The third-order valence-corrected chi connectivity index (χ3v) is 2.52. The number of carbonyl (C=O) groups excluding carboxylic acids is 1. The van der Waals surface area contributed by atoms with E-state index >= 15 is 0 Å². The third kappa shape index (κ3) is 3.75. The third-order valence-electron chi connectivity index (χ3n) is 2.52. The monoisotopic (exact) mass is 287 g/mol. The fourth-order valence-electron chi connectivity index (χ4n) is 1.69. The average molecular weight is 287 g/mol. The summed E-state index contributed by atoms with van der Waals surface area (Å²) >= 11 is 0. The Morgan fingerprint density at radius 1 is 1.29 bits per heavy atom. The zero-order chi connectivity index (χ0) is 15.4. The number of carbonyl (C=O) groups is 2. The Morgan fingerprint density at radius 3 is 2.67 bits per heavy atom. The van der Waals surface area contributed by atoms with Gasteiger partial charge in [-0.25, -0.2) is 14.8 Å². The number of nitrogens with zero attached hydrogens (tertiary/aromatic N) is 2. The topological polar surface area (TPSA) is 105 Å². The molecule has 2 heterocycles. The van der Waals surface area contributed by atoms with E-state index in [9.17, 15) is 9.59 Å². The number of pyridine rings is 1. The Bertz CT molecular complexity index is 719. The second-order valence-electron chi connectivity index (χ2n) is 4.22. The number of aliphatic carboxylic acids is 1. The quantitative estimate of drug-likeness (QED) is 0.833. The van der Waals surface area contributed by atoms with Gasteiger partial charge in [-0.3, -0.25) is 4.79 Å². The first-order valence-corrected chi connectivity index (χ1v) is 6.09. The summed E-state index contributed by atoms with van der Waals surface area (Å²) in [5, 5.41) is 11.1. The minimum absolute atomic E-state index is 0.126. The summed E-state index contributed by atoms with van der Waals surface area (Å²) < 4.78 is 5.21. The highest BCUT2D eigenvalue weighted by Gasteiger charge is 2.16. The molecule has 0 radical (unpaired) electrons. The highest BCUT2D eigenvalue weighted by atomic mass is 16.4. The first-order valence-electron chi connectivity index (χ1n) is 6.09. The SMILES string of the molecule is Cc1nc(C)c(C(=O)Nc2cccc(/C=C/C(=O)O)n2)o1. The van der Waals surface area contributed by atoms with E-state index in [1.165, 1.54) is 6.08 Å². The summed E-state index contributed by atoms with van der Waals surface area (Å²) in [4.78, 5) is 30.6. The van der Waals surface area contributed by atoms with E-state index < -0.39 is 11.9 Å². The normalized spacial score (nSPS) is 10.8. The molecule has 0 aliphatic carbocycles. The number of hydrogen-bond acceptors (Lipinski definition) is 5. The fourth-order valence-corrected chi connectivity index (χ4v) is 1.69. The van der Waals surface area contributed by atoms with Gasteiger partial charge >= 0.3 is 5.97 Å². The molecule has 0 saturated carbocycles. The van der Waals surface area contributed by atoms with E-state index in [-0.39, 0.29) is 5.76 Å². The number of aryl methyl sites for hydroxylation is 2. The van der Waals surface area contributed by atoms with Gasteiger partial charge in [0.05, 0.1) is 11.4 Å². The largest absolute Gasteiger partial charge is 0.478 e. The van der Waals surface area contributed by atoms with Crippen LogP contribution in [0.4, 0.5) is 5.82 Å². The maximum atomic E-state index is 12.0. The number of oxazole rings is 1. The molecule has 0 spiro atoms. The van der Waals surface area contributed by atoms with Crippen LogP contribution in [0.25, 0.3) is 6.08 Å². The van der Waals surface area contributed by atoms with Gasteiger partial charge in [-0.05, 0) is 25.1 Å². The lowest BCUT2D eigenvalue weighted by Gasteiger charge is -2.03. The van der Waals surface area contributed by atoms with Crippen LogP contribution in [0.2, 0.25) is 0 Å². The van der Waals surface area contributed by atoms with E-state index in [2.05, 4.69) is 15.3 Å². The van der Waals surface area contributed by atoms with E-state index in [1.54, 1.807) is 32.0 Å². The van der Waals surface area contributed by atoms with Crippen LogP contribution in [0.5, 0.6) is 0 Å². The highest BCUT2D eigenvalue weighted by molar-refractivity contribution is 6.02. The summed E-state index contributed by atoms with van der Waals surface area (Å²) in [6, 6.07) is 4.87. The number of carboxylic acids is 1. The molecular weight excluding hydrogens is 274 g/mol. The van der Waals surface area contributed by atoms with Crippen molar-refractivity contribution in [2.75, 3.05) is 5.32 Å². The Morgan fingerprint density at radius 2 is 2.05 bits per heavy atom. The maximum Gasteiger partial charge on any atom is 0.328 e. The standard InChI is InChI=1S/C14H13N3O4/c1-8-13(21-9(2)15-8)14(20)17-11-5-3-4-10(16-11)6-7-12(18)19/h3-7H,1-2H3,(H,18,19)(H,16,17,20)/b7-6+. The Kier molecular flexibility index (Phi) is 4.13. The summed E-state index contributed by atoms with van der Waals surface area (Å²) in [7, 11) is 0. The minimum Gasteiger partial charge on any atom is -0.478 e. The van der Waals surface area contributed by atoms with Crippen LogP contribution in [-0.2, 0) is 4.79 Å². The number of hydrogen-bond donors (Lipinski definition) is 2. The molecule has 0 fully saturated rings. The van der Waals surface area contributed by atoms with Crippen molar-refractivity contribution in [2.45, 2.75) is 13.8 Å². The number of amides is 1. The van der Waals surface area contributed by atoms with Gasteiger partial charge in [0.15, 0.2) is 5.89 Å². The van der Waals surface area contributed by atoms with Gasteiger partial charge < -0.3 is 14.8 Å². The van der Waals surface area contributed by atoms with Crippen molar-refractivity contribution in [3.05, 3.63) is 47.3 Å². The molecular formula is C14H13N3O4. The van der Waals surface area contributed by atoms with Gasteiger partial charge in [-0.15, -0.1) is 0 Å². The van der Waals surface area contributed by atoms with E-state index in [4.69, 9.17) is 9.52 Å². The van der Waals surface area contributed by atoms with Crippen molar-refractivity contribution in [2.24, 2.45) is 0 Å². The molecule has 0 atom stereocenters. The molecule has 0 saturated heterocycles. The van der Waals surface area contributed by atoms with Gasteiger partial charge in [0.2, 0.25) is 5.76 Å². The van der Waals surface area contributed by atoms with Gasteiger partial charge in [0, 0.05) is 13.0 Å². The predicted octanol–water partition coefficient (Wildman–Crippen LogP) is 2.04. The Labute approximate surface area is 120 Å². The van der Waals surface area contributed by atoms with Crippen LogP contribution in [0.1, 0.15) is 27.8 Å². The van der Waals surface area contributed by atoms with Crippen LogP contribution >= 0.6 is 0 Å². The highest BCUT2D eigenvalue weighted by Crippen LogP contribution is 2.13. The first kappa shape index (κ1) is 14.4. The smallest absolute Gasteiger partial charge is 0.328 e. The zero-order valence-electron chi connectivity index (χ0n) is 11.5. The lowest BCUT2D eigenvalue weighted by atomic mass is 10.3. The van der Waals surface area contributed by atoms with Crippen molar-refractivity contribution in [1.29, 1.82) is 0 Å². The molecule has 1 amide bonds. The molecule has 2 rings (SSSR count). The Hall–Kier alpha value is -2.96. The molecule has 0 aromatic carbocycles. The van der Waals surface area contributed by atoms with Crippen molar-refractivity contribution in [3.63, 3.8) is 0 Å². The molecule has 7 heteroatoms. The fraction of sp³-hybridized carbons (Fsp3) is 0.143. The van der Waals surface area contributed by atoms with E-state index in [0.29, 0.717) is 23.1 Å². The molecule has 0 aliphatic heterocycles. The number of anilines is 1. The molecule has 2 aromatic rings. The summed E-state index contributed by atoms with van der Waals surface area (Å²) in [6.45, 7) is 3.32. The number of nitrogens with one attached hydrogen (secondary N) is 1. The van der Waals surface area contributed by atoms with E-state index in [1.807, 2.05) is 0 Å². The lowest BCUT2D eigenvalue weighted by molar-refractivity contribution is -0.131. The van der Waals surface area contributed by atoms with Crippen LogP contribution < -0.4 is 5.32 Å². The average Bonchev–Trinajstić information content (AvgIpc) is 2.76. The van der Waals surface area contributed by atoms with Crippen LogP contribution in [0, 0.1) is 13.8 Å². The van der Waals surface area contributed by atoms with Crippen molar-refractivity contribution in [1.82, 2.24) is 9.97 Å². The molecule has 0 unspecified atom stereocenters. The first-order chi connectivity index (χ1) is 9.95. The number of aromatic nitrogens is 2. The maximum absolute atomic E-state index is 12.0. The van der Waals surface area contributed by atoms with Crippen molar-refractivity contribution >= 4 is 23.8 Å². The second kappa shape index (κ2) is 6.00. The molecule has 0 bridgehead atoms. The van der Waals surface area contributed by atoms with E-state index in [0.717, 1.165) is 6.08 Å². The number of rotatable bonds is 4. The predicted molar refractivity (Wildman–Crippen MR) is 74.8 cm³/mol. The van der Waals surface area contributed by atoms with Crippen LogP contribution in [0.15, 0.2) is 28.7 Å². The van der Waals surface area contributed by atoms with Gasteiger partial charge in [-0.1, -0.05) is 6.07 Å². The summed E-state index contributed by atoms with van der Waals surface area (Å²) in [5.41, 5.74) is 0.910. The Balaban J connectivity index is 2.16. The molecule has 0 aliphatic rings. The molecule has 7 nitrogen and oxygen atoms in total. The second-order valence-corrected chi connectivity index (χ2v) is 4.22. The van der Waals surface area contributed by atoms with Gasteiger partial charge in [0.1, 0.15) is 5.82 Å².